The van der Waals surface area contributed by atoms with Crippen LogP contribution in [0.15, 0.2) is 30.3 Å². The van der Waals surface area contributed by atoms with Crippen LogP contribution in [0.1, 0.15) is 64.4 Å². The van der Waals surface area contributed by atoms with Gasteiger partial charge in [0.05, 0.1) is 6.04 Å². The Kier molecular flexibility index (Phi) is 15.9. The summed E-state index contributed by atoms with van der Waals surface area (Å²) in [4.78, 5) is 51.1. The van der Waals surface area contributed by atoms with Gasteiger partial charge in [-0.1, -0.05) is 57.0 Å². The molecule has 11 nitrogen and oxygen atoms in total. The molecule has 0 heterocycles. The molecule has 0 aliphatic rings. The smallest absolute Gasteiger partial charge is 0.326 e. The summed E-state index contributed by atoms with van der Waals surface area (Å²) in [6, 6.07) is 5.32. The molecule has 5 unspecified atom stereocenters. The highest BCUT2D eigenvalue weighted by Crippen LogP contribution is 2.12. The van der Waals surface area contributed by atoms with Gasteiger partial charge in [0.25, 0.3) is 0 Å². The highest BCUT2D eigenvalue weighted by molar-refractivity contribution is 5.94. The highest BCUT2D eigenvalue weighted by atomic mass is 16.4. The molecule has 0 saturated heterocycles. The Hall–Kier alpha value is -3.02. The van der Waals surface area contributed by atoms with E-state index in [1.165, 1.54) is 0 Å². The predicted molar refractivity (Wildman–Crippen MR) is 147 cm³/mol. The number of hydrogen-bond donors (Lipinski definition) is 7. The lowest BCUT2D eigenvalue weighted by Crippen LogP contribution is -2.59. The van der Waals surface area contributed by atoms with Gasteiger partial charge in [0.15, 0.2) is 0 Å². The van der Waals surface area contributed by atoms with Crippen LogP contribution in [0, 0.1) is 5.92 Å². The number of carboxylic acid groups (broad SMARTS) is 1. The Morgan fingerprint density at radius 2 is 1.39 bits per heavy atom. The SMILES string of the molecule is CCC(C)C(NC(=O)C(Cc1ccccc1)NC(=O)C(N)CCCCN)C(=O)NC(CCCCN)C(=O)O. The Bertz CT molecular complexity index is 869. The molecular formula is C27H46N6O5. The van der Waals surface area contributed by atoms with Crippen molar-refractivity contribution in [3.63, 3.8) is 0 Å². The molecule has 1 aromatic rings. The molecular weight excluding hydrogens is 488 g/mol. The Morgan fingerprint density at radius 3 is 1.95 bits per heavy atom. The molecule has 0 bridgehead atoms. The number of benzene rings is 1. The minimum absolute atomic E-state index is 0.194. The van der Waals surface area contributed by atoms with Gasteiger partial charge in [0.2, 0.25) is 17.7 Å². The van der Waals surface area contributed by atoms with Crippen molar-refractivity contribution < 1.29 is 24.3 Å². The van der Waals surface area contributed by atoms with Crippen LogP contribution < -0.4 is 33.2 Å². The third-order valence-electron chi connectivity index (χ3n) is 6.58. The number of amides is 3. The standard InChI is InChI=1S/C27H46N6O5/c1-3-18(2)23(26(36)31-21(27(37)38)14-8-10-16-29)33-25(35)22(17-19-11-5-4-6-12-19)32-24(34)20(30)13-7-9-15-28/h4-6,11-12,18,20-23H,3,7-10,13-17,28-30H2,1-2H3,(H,31,36)(H,32,34)(H,33,35)(H,37,38). The molecule has 38 heavy (non-hydrogen) atoms. The molecule has 0 aliphatic heterocycles. The minimum Gasteiger partial charge on any atom is -0.480 e. The summed E-state index contributed by atoms with van der Waals surface area (Å²) in [7, 11) is 0. The van der Waals surface area contributed by atoms with Crippen LogP contribution in [0.2, 0.25) is 0 Å². The number of rotatable bonds is 19. The van der Waals surface area contributed by atoms with Crippen LogP contribution in [0.3, 0.4) is 0 Å². The summed E-state index contributed by atoms with van der Waals surface area (Å²) >= 11 is 0. The van der Waals surface area contributed by atoms with E-state index in [1.54, 1.807) is 6.92 Å². The fraction of sp³-hybridized carbons (Fsp3) is 0.630. The van der Waals surface area contributed by atoms with Crippen molar-refractivity contribution in [2.75, 3.05) is 13.1 Å². The van der Waals surface area contributed by atoms with E-state index >= 15 is 0 Å². The van der Waals surface area contributed by atoms with E-state index < -0.39 is 47.9 Å². The van der Waals surface area contributed by atoms with Crippen LogP contribution in [0.5, 0.6) is 0 Å². The fourth-order valence-electron chi connectivity index (χ4n) is 3.94. The van der Waals surface area contributed by atoms with Crippen molar-refractivity contribution in [3.05, 3.63) is 35.9 Å². The van der Waals surface area contributed by atoms with E-state index in [2.05, 4.69) is 16.0 Å². The minimum atomic E-state index is -1.15. The Morgan fingerprint density at radius 1 is 0.816 bits per heavy atom. The van der Waals surface area contributed by atoms with Gasteiger partial charge >= 0.3 is 5.97 Å². The van der Waals surface area contributed by atoms with Crippen molar-refractivity contribution in [3.8, 4) is 0 Å². The van der Waals surface area contributed by atoms with Crippen molar-refractivity contribution in [1.29, 1.82) is 0 Å². The summed E-state index contributed by atoms with van der Waals surface area (Å²) in [6.07, 6.45) is 4.03. The topological polar surface area (TPSA) is 203 Å². The first-order valence-electron chi connectivity index (χ1n) is 13.5. The zero-order valence-electron chi connectivity index (χ0n) is 22.7. The average Bonchev–Trinajstić information content (AvgIpc) is 2.90. The zero-order chi connectivity index (χ0) is 28.5. The van der Waals surface area contributed by atoms with Gasteiger partial charge in [0, 0.05) is 6.42 Å². The first-order chi connectivity index (χ1) is 18.1. The van der Waals surface area contributed by atoms with Gasteiger partial charge in [0.1, 0.15) is 18.1 Å². The van der Waals surface area contributed by atoms with Crippen molar-refractivity contribution >= 4 is 23.7 Å². The van der Waals surface area contributed by atoms with E-state index in [4.69, 9.17) is 17.2 Å². The van der Waals surface area contributed by atoms with E-state index in [0.29, 0.717) is 45.2 Å². The van der Waals surface area contributed by atoms with Gasteiger partial charge in [-0.05, 0) is 56.7 Å². The lowest BCUT2D eigenvalue weighted by atomic mass is 9.96. The lowest BCUT2D eigenvalue weighted by Gasteiger charge is -2.28. The fourth-order valence-corrected chi connectivity index (χ4v) is 3.94. The molecule has 0 spiro atoms. The largest absolute Gasteiger partial charge is 0.480 e. The van der Waals surface area contributed by atoms with Crippen molar-refractivity contribution in [2.45, 2.75) is 89.4 Å². The number of hydrogen-bond acceptors (Lipinski definition) is 7. The monoisotopic (exact) mass is 534 g/mol. The van der Waals surface area contributed by atoms with Crippen LogP contribution in [-0.2, 0) is 25.6 Å². The van der Waals surface area contributed by atoms with Crippen molar-refractivity contribution in [1.82, 2.24) is 16.0 Å². The maximum Gasteiger partial charge on any atom is 0.326 e. The molecule has 10 N–H and O–H groups in total. The summed E-state index contributed by atoms with van der Waals surface area (Å²) in [6.45, 7) is 4.60. The van der Waals surface area contributed by atoms with Crippen LogP contribution in [0.4, 0.5) is 0 Å². The molecule has 11 heteroatoms. The molecule has 0 aliphatic carbocycles. The molecule has 214 valence electrons. The van der Waals surface area contributed by atoms with E-state index in [1.807, 2.05) is 37.3 Å². The second-order valence-electron chi connectivity index (χ2n) is 9.70. The quantitative estimate of drug-likeness (QED) is 0.123. The molecule has 0 aromatic heterocycles. The van der Waals surface area contributed by atoms with Gasteiger partial charge in [-0.3, -0.25) is 14.4 Å². The predicted octanol–water partition coefficient (Wildman–Crippen LogP) is 0.400. The summed E-state index contributed by atoms with van der Waals surface area (Å²) in [5.74, 6) is -3.04. The number of carbonyl (C=O) groups is 4. The van der Waals surface area contributed by atoms with Gasteiger partial charge in [-0.25, -0.2) is 4.79 Å². The molecule has 1 rings (SSSR count). The first kappa shape index (κ1) is 33.0. The highest BCUT2D eigenvalue weighted by Gasteiger charge is 2.32. The van der Waals surface area contributed by atoms with Crippen LogP contribution in [-0.4, -0.2) is 66.1 Å². The maximum atomic E-state index is 13.4. The first-order valence-corrected chi connectivity index (χ1v) is 13.5. The number of carboxylic acids is 1. The summed E-state index contributed by atoms with van der Waals surface area (Å²) in [5.41, 5.74) is 17.9. The van der Waals surface area contributed by atoms with Crippen LogP contribution in [0.25, 0.3) is 0 Å². The van der Waals surface area contributed by atoms with Crippen LogP contribution >= 0.6 is 0 Å². The third kappa shape index (κ3) is 12.0. The number of nitrogens with one attached hydrogen (secondary N) is 3. The normalized spacial score (nSPS) is 15.0. The molecule has 1 aromatic carbocycles. The van der Waals surface area contributed by atoms with Gasteiger partial charge in [-0.15, -0.1) is 0 Å². The molecule has 0 saturated carbocycles. The number of aliphatic carboxylic acids is 1. The van der Waals surface area contributed by atoms with E-state index in [0.717, 1.165) is 12.0 Å². The van der Waals surface area contributed by atoms with Crippen molar-refractivity contribution in [2.24, 2.45) is 23.1 Å². The summed E-state index contributed by atoms with van der Waals surface area (Å²) < 4.78 is 0. The second-order valence-corrected chi connectivity index (χ2v) is 9.70. The Balaban J connectivity index is 3.05. The number of carbonyl (C=O) groups excluding carboxylic acids is 3. The van der Waals surface area contributed by atoms with Gasteiger partial charge in [-0.2, -0.15) is 0 Å². The number of nitrogens with two attached hydrogens (primary N) is 3. The zero-order valence-corrected chi connectivity index (χ0v) is 22.7. The van der Waals surface area contributed by atoms with Gasteiger partial charge < -0.3 is 38.3 Å². The Labute approximate surface area is 225 Å². The molecule has 0 radical (unpaired) electrons. The average molecular weight is 535 g/mol. The maximum absolute atomic E-state index is 13.4. The molecule has 5 atom stereocenters. The van der Waals surface area contributed by atoms with E-state index in [-0.39, 0.29) is 18.8 Å². The third-order valence-corrected chi connectivity index (χ3v) is 6.58. The van der Waals surface area contributed by atoms with E-state index in [9.17, 15) is 24.3 Å². The number of unbranched alkanes of at least 4 members (excludes halogenated alkanes) is 2. The molecule has 3 amide bonds. The molecule has 0 fully saturated rings. The second kappa shape index (κ2) is 18.3. The lowest BCUT2D eigenvalue weighted by molar-refractivity contribution is -0.143. The summed E-state index contributed by atoms with van der Waals surface area (Å²) in [5, 5.41) is 17.6.